The predicted octanol–water partition coefficient (Wildman–Crippen LogP) is 5.37. The Bertz CT molecular complexity index is 569. The van der Waals surface area contributed by atoms with Crippen LogP contribution in [0, 0.1) is 0 Å². The second-order valence-electron chi connectivity index (χ2n) is 4.35. The molecule has 2 aromatic rings. The van der Waals surface area contributed by atoms with E-state index < -0.39 is 0 Å². The summed E-state index contributed by atoms with van der Waals surface area (Å²) in [6, 6.07) is 13.6. The van der Waals surface area contributed by atoms with Crippen molar-refractivity contribution in [3.05, 3.63) is 63.6 Å². The maximum absolute atomic E-state index is 6.18. The molecule has 0 aliphatic rings. The Morgan fingerprint density at radius 3 is 2.42 bits per heavy atom. The number of nitrogens with zero attached hydrogens (tertiary/aromatic N) is 1. The van der Waals surface area contributed by atoms with Crippen molar-refractivity contribution in [2.24, 2.45) is 0 Å². The van der Waals surface area contributed by atoms with E-state index in [0.717, 1.165) is 21.8 Å². The third-order valence-electron chi connectivity index (χ3n) is 2.97. The van der Waals surface area contributed by atoms with Gasteiger partial charge in [0.05, 0.1) is 0 Å². The highest BCUT2D eigenvalue weighted by molar-refractivity contribution is 6.31. The van der Waals surface area contributed by atoms with Crippen LogP contribution in [0.25, 0.3) is 0 Å². The van der Waals surface area contributed by atoms with Gasteiger partial charge >= 0.3 is 0 Å². The van der Waals surface area contributed by atoms with Crippen LogP contribution in [0.1, 0.15) is 11.1 Å². The quantitative estimate of drug-likeness (QED) is 0.686. The summed E-state index contributed by atoms with van der Waals surface area (Å²) < 4.78 is 0. The molecule has 0 aliphatic heterocycles. The van der Waals surface area contributed by atoms with E-state index in [0.29, 0.717) is 17.4 Å². The van der Waals surface area contributed by atoms with Gasteiger partial charge in [0.15, 0.2) is 0 Å². The molecule has 0 bridgehead atoms. The lowest BCUT2D eigenvalue weighted by molar-refractivity contribution is 0.916. The maximum Gasteiger partial charge on any atom is 0.0494 e. The lowest BCUT2D eigenvalue weighted by Crippen LogP contribution is -2.18. The van der Waals surface area contributed by atoms with Gasteiger partial charge in [-0.25, -0.2) is 0 Å². The van der Waals surface area contributed by atoms with Gasteiger partial charge < -0.3 is 4.90 Å². The van der Waals surface area contributed by atoms with Gasteiger partial charge in [0.2, 0.25) is 0 Å². The van der Waals surface area contributed by atoms with Gasteiger partial charge in [-0.05, 0) is 29.3 Å². The summed E-state index contributed by atoms with van der Waals surface area (Å²) in [4.78, 5) is 2.10. The number of halogens is 3. The van der Waals surface area contributed by atoms with Crippen molar-refractivity contribution >= 4 is 40.5 Å². The zero-order valence-corrected chi connectivity index (χ0v) is 12.8. The molecule has 0 aliphatic carbocycles. The Labute approximate surface area is 128 Å². The molecule has 2 aromatic carbocycles. The summed E-state index contributed by atoms with van der Waals surface area (Å²) in [6.07, 6.45) is 0. The summed E-state index contributed by atoms with van der Waals surface area (Å²) in [6.45, 7) is 0.712. The minimum absolute atomic E-state index is 0.458. The molecule has 19 heavy (non-hydrogen) atoms. The van der Waals surface area contributed by atoms with Crippen LogP contribution in [0.15, 0.2) is 42.5 Å². The molecule has 0 saturated heterocycles. The first kappa shape index (κ1) is 14.5. The molecule has 0 unspecified atom stereocenters. The lowest BCUT2D eigenvalue weighted by Gasteiger charge is -2.23. The van der Waals surface area contributed by atoms with Gasteiger partial charge in [-0.3, -0.25) is 0 Å². The van der Waals surface area contributed by atoms with Gasteiger partial charge in [0.25, 0.3) is 0 Å². The Morgan fingerprint density at radius 2 is 1.74 bits per heavy atom. The van der Waals surface area contributed by atoms with Crippen molar-refractivity contribution in [2.45, 2.75) is 12.4 Å². The van der Waals surface area contributed by atoms with Gasteiger partial charge in [-0.15, -0.1) is 11.6 Å². The van der Waals surface area contributed by atoms with Crippen LogP contribution in [0.5, 0.6) is 0 Å². The molecule has 4 heteroatoms. The van der Waals surface area contributed by atoms with Crippen LogP contribution in [-0.4, -0.2) is 7.05 Å². The van der Waals surface area contributed by atoms with E-state index in [1.165, 1.54) is 0 Å². The second kappa shape index (κ2) is 6.51. The van der Waals surface area contributed by atoms with Crippen LogP contribution < -0.4 is 4.90 Å². The monoisotopic (exact) mass is 313 g/mol. The third kappa shape index (κ3) is 3.56. The smallest absolute Gasteiger partial charge is 0.0494 e. The highest BCUT2D eigenvalue weighted by atomic mass is 35.5. The highest BCUT2D eigenvalue weighted by Gasteiger charge is 2.09. The zero-order chi connectivity index (χ0) is 13.8. The first-order valence-corrected chi connectivity index (χ1v) is 7.20. The van der Waals surface area contributed by atoms with Crippen LogP contribution in [0.2, 0.25) is 10.0 Å². The predicted molar refractivity (Wildman–Crippen MR) is 84.6 cm³/mol. The molecule has 0 aromatic heterocycles. The fraction of sp³-hybridized carbons (Fsp3) is 0.200. The second-order valence-corrected chi connectivity index (χ2v) is 5.47. The van der Waals surface area contributed by atoms with E-state index in [1.807, 2.05) is 49.5 Å². The number of rotatable bonds is 4. The van der Waals surface area contributed by atoms with Crippen molar-refractivity contribution in [1.82, 2.24) is 0 Å². The molecule has 0 saturated carbocycles. The van der Waals surface area contributed by atoms with Crippen molar-refractivity contribution in [3.63, 3.8) is 0 Å². The Kier molecular flexibility index (Phi) is 4.98. The van der Waals surface area contributed by atoms with Gasteiger partial charge in [-0.2, -0.15) is 0 Å². The molecule has 0 amide bonds. The summed E-state index contributed by atoms with van der Waals surface area (Å²) in [7, 11) is 2.00. The van der Waals surface area contributed by atoms with Crippen LogP contribution in [-0.2, 0) is 12.4 Å². The molecular weight excluding hydrogens is 301 g/mol. The number of anilines is 1. The molecule has 1 nitrogen and oxygen atoms in total. The summed E-state index contributed by atoms with van der Waals surface area (Å²) in [5, 5.41) is 1.47. The Hall–Kier alpha value is -0.890. The molecule has 0 N–H and O–H groups in total. The van der Waals surface area contributed by atoms with Crippen LogP contribution >= 0.6 is 34.8 Å². The molecule has 0 spiro atoms. The van der Waals surface area contributed by atoms with Gasteiger partial charge in [0.1, 0.15) is 0 Å². The van der Waals surface area contributed by atoms with Crippen LogP contribution in [0.3, 0.4) is 0 Å². The first-order chi connectivity index (χ1) is 9.11. The summed E-state index contributed by atoms with van der Waals surface area (Å²) >= 11 is 18.2. The molecule has 100 valence electrons. The molecule has 0 atom stereocenters. The minimum Gasteiger partial charge on any atom is -0.370 e. The van der Waals surface area contributed by atoms with Crippen molar-refractivity contribution < 1.29 is 0 Å². The number of hydrogen-bond acceptors (Lipinski definition) is 1. The highest BCUT2D eigenvalue weighted by Crippen LogP contribution is 2.27. The van der Waals surface area contributed by atoms with Crippen molar-refractivity contribution in [2.75, 3.05) is 11.9 Å². The van der Waals surface area contributed by atoms with E-state index in [-0.39, 0.29) is 0 Å². The van der Waals surface area contributed by atoms with E-state index in [9.17, 15) is 0 Å². The SMILES string of the molecule is CN(Cc1ccccc1Cl)c1cc(Cl)ccc1CCl. The Balaban J connectivity index is 2.27. The standard InChI is InChI=1S/C15H14Cl3N/c1-19(10-12-4-2-3-5-14(12)18)15-8-13(17)7-6-11(15)9-16/h2-8H,9-10H2,1H3. The zero-order valence-electron chi connectivity index (χ0n) is 10.5. The van der Waals surface area contributed by atoms with E-state index in [2.05, 4.69) is 4.90 Å². The Morgan fingerprint density at radius 1 is 1.00 bits per heavy atom. The average molecular weight is 315 g/mol. The summed E-state index contributed by atoms with van der Waals surface area (Å²) in [5.41, 5.74) is 3.16. The van der Waals surface area contributed by atoms with E-state index >= 15 is 0 Å². The lowest BCUT2D eigenvalue weighted by atomic mass is 10.1. The number of hydrogen-bond donors (Lipinski definition) is 0. The molecule has 0 fully saturated rings. The third-order valence-corrected chi connectivity index (χ3v) is 3.86. The first-order valence-electron chi connectivity index (χ1n) is 5.90. The largest absolute Gasteiger partial charge is 0.370 e. The minimum atomic E-state index is 0.458. The van der Waals surface area contributed by atoms with Crippen LogP contribution in [0.4, 0.5) is 5.69 Å². The summed E-state index contributed by atoms with van der Waals surface area (Å²) in [5.74, 6) is 0.458. The maximum atomic E-state index is 6.18. The molecule has 0 radical (unpaired) electrons. The number of benzene rings is 2. The molecule has 0 heterocycles. The fourth-order valence-corrected chi connectivity index (χ4v) is 2.56. The normalized spacial score (nSPS) is 10.5. The molecular formula is C15H14Cl3N. The van der Waals surface area contributed by atoms with Crippen molar-refractivity contribution in [3.8, 4) is 0 Å². The van der Waals surface area contributed by atoms with Gasteiger partial charge in [-0.1, -0.05) is 47.5 Å². The van der Waals surface area contributed by atoms with E-state index in [1.54, 1.807) is 0 Å². The van der Waals surface area contributed by atoms with Gasteiger partial charge in [0, 0.05) is 35.2 Å². The molecule has 2 rings (SSSR count). The topological polar surface area (TPSA) is 3.24 Å². The van der Waals surface area contributed by atoms with Crippen molar-refractivity contribution in [1.29, 1.82) is 0 Å². The fourth-order valence-electron chi connectivity index (χ4n) is 1.97. The number of alkyl halides is 1. The average Bonchev–Trinajstić information content (AvgIpc) is 2.41. The van der Waals surface area contributed by atoms with E-state index in [4.69, 9.17) is 34.8 Å².